The molecule has 0 spiro atoms. The lowest BCUT2D eigenvalue weighted by Gasteiger charge is -2.22. The molecule has 0 radical (unpaired) electrons. The predicted octanol–water partition coefficient (Wildman–Crippen LogP) is 2.09. The minimum Gasteiger partial charge on any atom is -0.481 e. The number of rotatable bonds is 3. The monoisotopic (exact) mass is 246 g/mol. The van der Waals surface area contributed by atoms with Crippen LogP contribution < -0.4 is 0 Å². The van der Waals surface area contributed by atoms with E-state index in [-0.39, 0.29) is 6.61 Å². The molecule has 0 atom stereocenters. The molecule has 1 rings (SSSR count). The summed E-state index contributed by atoms with van der Waals surface area (Å²) in [6.45, 7) is 5.32. The highest BCUT2D eigenvalue weighted by atomic mass is 16.4. The number of aliphatic carboxylic acids is 1. The minimum atomic E-state index is -0.902. The van der Waals surface area contributed by atoms with E-state index in [9.17, 15) is 9.90 Å². The highest BCUT2D eigenvalue weighted by molar-refractivity contribution is 5.80. The number of carboxylic acids is 1. The molecule has 3 heteroatoms. The zero-order chi connectivity index (χ0) is 13.8. The van der Waals surface area contributed by atoms with Gasteiger partial charge in [0, 0.05) is 12.0 Å². The van der Waals surface area contributed by atoms with Crippen molar-refractivity contribution in [1.82, 2.24) is 0 Å². The van der Waals surface area contributed by atoms with Gasteiger partial charge in [-0.25, -0.2) is 0 Å². The second-order valence-corrected chi connectivity index (χ2v) is 4.74. The number of carboxylic acid groups (broad SMARTS) is 1. The van der Waals surface area contributed by atoms with E-state index in [0.717, 1.165) is 16.7 Å². The summed E-state index contributed by atoms with van der Waals surface area (Å²) >= 11 is 0. The second kappa shape index (κ2) is 5.70. The lowest BCUT2D eigenvalue weighted by atomic mass is 9.81. The molecule has 0 amide bonds. The van der Waals surface area contributed by atoms with Crippen molar-refractivity contribution in [2.45, 2.75) is 32.6 Å². The van der Waals surface area contributed by atoms with Crippen LogP contribution in [-0.2, 0) is 10.2 Å². The van der Waals surface area contributed by atoms with Gasteiger partial charge in [0.2, 0.25) is 0 Å². The van der Waals surface area contributed by atoms with Gasteiger partial charge in [-0.05, 0) is 44.0 Å². The van der Waals surface area contributed by atoms with Gasteiger partial charge in [-0.3, -0.25) is 4.79 Å². The Labute approximate surface area is 107 Å². The molecule has 3 nitrogen and oxygen atoms in total. The summed E-state index contributed by atoms with van der Waals surface area (Å²) in [5.74, 6) is 4.94. The van der Waals surface area contributed by atoms with E-state index in [1.807, 2.05) is 25.1 Å². The van der Waals surface area contributed by atoms with Crippen LogP contribution in [0.15, 0.2) is 18.2 Å². The molecule has 96 valence electrons. The van der Waals surface area contributed by atoms with Gasteiger partial charge in [0.15, 0.2) is 0 Å². The Morgan fingerprint density at radius 2 is 2.06 bits per heavy atom. The van der Waals surface area contributed by atoms with Crippen molar-refractivity contribution in [3.05, 3.63) is 34.9 Å². The fourth-order valence-corrected chi connectivity index (χ4v) is 1.78. The number of aryl methyl sites for hydroxylation is 1. The van der Waals surface area contributed by atoms with Gasteiger partial charge >= 0.3 is 5.97 Å². The van der Waals surface area contributed by atoms with Crippen LogP contribution >= 0.6 is 0 Å². The molecule has 0 aromatic heterocycles. The Morgan fingerprint density at radius 1 is 1.39 bits per heavy atom. The highest BCUT2D eigenvalue weighted by Gasteiger charge is 2.30. The normalized spacial score (nSPS) is 10.7. The van der Waals surface area contributed by atoms with Gasteiger partial charge in [-0.1, -0.05) is 17.9 Å². The first-order valence-corrected chi connectivity index (χ1v) is 5.84. The lowest BCUT2D eigenvalue weighted by Crippen LogP contribution is -2.29. The second-order valence-electron chi connectivity index (χ2n) is 4.74. The Morgan fingerprint density at radius 3 is 2.56 bits per heavy atom. The van der Waals surface area contributed by atoms with Gasteiger partial charge in [0.25, 0.3) is 0 Å². The summed E-state index contributed by atoms with van der Waals surface area (Å²) in [6.07, 6.45) is 0.446. The molecular weight excluding hydrogens is 228 g/mol. The fourth-order valence-electron chi connectivity index (χ4n) is 1.78. The van der Waals surface area contributed by atoms with Crippen LogP contribution in [0.25, 0.3) is 0 Å². The lowest BCUT2D eigenvalue weighted by molar-refractivity contribution is -0.142. The van der Waals surface area contributed by atoms with Crippen molar-refractivity contribution in [1.29, 1.82) is 0 Å². The molecule has 0 heterocycles. The Hall–Kier alpha value is -1.79. The largest absolute Gasteiger partial charge is 0.481 e. The third-order valence-corrected chi connectivity index (χ3v) is 2.90. The molecule has 0 aliphatic rings. The summed E-state index contributed by atoms with van der Waals surface area (Å²) in [5.41, 5.74) is 1.65. The SMILES string of the molecule is Cc1cc(C#CCCO)ccc1C(C)(C)C(=O)O. The van der Waals surface area contributed by atoms with E-state index in [0.29, 0.717) is 6.42 Å². The third kappa shape index (κ3) is 3.12. The quantitative estimate of drug-likeness (QED) is 0.803. The van der Waals surface area contributed by atoms with E-state index < -0.39 is 11.4 Å². The van der Waals surface area contributed by atoms with Gasteiger partial charge in [0.1, 0.15) is 0 Å². The topological polar surface area (TPSA) is 57.5 Å². The van der Waals surface area contributed by atoms with Crippen molar-refractivity contribution < 1.29 is 15.0 Å². The van der Waals surface area contributed by atoms with Crippen LogP contribution in [0.2, 0.25) is 0 Å². The van der Waals surface area contributed by atoms with Crippen molar-refractivity contribution >= 4 is 5.97 Å². The maximum atomic E-state index is 11.2. The number of aliphatic hydroxyl groups excluding tert-OH is 1. The molecule has 0 fully saturated rings. The molecule has 0 aliphatic carbocycles. The van der Waals surface area contributed by atoms with Crippen LogP contribution in [0.5, 0.6) is 0 Å². The molecule has 0 saturated carbocycles. The fraction of sp³-hybridized carbons (Fsp3) is 0.400. The van der Waals surface area contributed by atoms with Gasteiger partial charge < -0.3 is 10.2 Å². The first kappa shape index (κ1) is 14.3. The maximum absolute atomic E-state index is 11.2. The third-order valence-electron chi connectivity index (χ3n) is 2.90. The number of carbonyl (C=O) groups is 1. The van der Waals surface area contributed by atoms with Gasteiger partial charge in [-0.15, -0.1) is 0 Å². The molecule has 1 aromatic carbocycles. The summed E-state index contributed by atoms with van der Waals surface area (Å²) in [5, 5.41) is 17.8. The molecular formula is C15H18O3. The molecule has 0 saturated heterocycles. The molecule has 0 aliphatic heterocycles. The van der Waals surface area contributed by atoms with Crippen LogP contribution in [0.3, 0.4) is 0 Å². The first-order chi connectivity index (χ1) is 8.39. The highest BCUT2D eigenvalue weighted by Crippen LogP contribution is 2.27. The first-order valence-electron chi connectivity index (χ1n) is 5.84. The predicted molar refractivity (Wildman–Crippen MR) is 70.4 cm³/mol. The summed E-state index contributed by atoms with van der Waals surface area (Å²) in [4.78, 5) is 11.2. The van der Waals surface area contributed by atoms with Gasteiger partial charge in [0.05, 0.1) is 12.0 Å². The maximum Gasteiger partial charge on any atom is 0.313 e. The summed E-state index contributed by atoms with van der Waals surface area (Å²) in [7, 11) is 0. The van der Waals surface area contributed by atoms with Crippen molar-refractivity contribution in [3.8, 4) is 11.8 Å². The van der Waals surface area contributed by atoms with Crippen molar-refractivity contribution in [3.63, 3.8) is 0 Å². The standard InChI is InChI=1S/C15H18O3/c1-11-10-12(6-4-5-9-16)7-8-13(11)15(2,3)14(17)18/h7-8,10,16H,5,9H2,1-3H3,(H,17,18). The average molecular weight is 246 g/mol. The summed E-state index contributed by atoms with van der Waals surface area (Å²) < 4.78 is 0. The molecule has 0 bridgehead atoms. The minimum absolute atomic E-state index is 0.0517. The smallest absolute Gasteiger partial charge is 0.313 e. The average Bonchev–Trinajstić information content (AvgIpc) is 2.29. The van der Waals surface area contributed by atoms with E-state index in [1.165, 1.54) is 0 Å². The van der Waals surface area contributed by atoms with Crippen molar-refractivity contribution in [2.75, 3.05) is 6.61 Å². The zero-order valence-electron chi connectivity index (χ0n) is 10.9. The van der Waals surface area contributed by atoms with Crippen LogP contribution in [0.1, 0.15) is 37.0 Å². The Bertz CT molecular complexity index is 504. The molecule has 18 heavy (non-hydrogen) atoms. The van der Waals surface area contributed by atoms with Crippen LogP contribution in [-0.4, -0.2) is 22.8 Å². The van der Waals surface area contributed by atoms with E-state index in [2.05, 4.69) is 11.8 Å². The Kier molecular flexibility index (Phi) is 4.52. The van der Waals surface area contributed by atoms with Crippen LogP contribution in [0, 0.1) is 18.8 Å². The number of benzene rings is 1. The number of hydrogen-bond acceptors (Lipinski definition) is 2. The van der Waals surface area contributed by atoms with Gasteiger partial charge in [-0.2, -0.15) is 0 Å². The van der Waals surface area contributed by atoms with E-state index >= 15 is 0 Å². The number of aliphatic hydroxyl groups is 1. The molecule has 1 aromatic rings. The van der Waals surface area contributed by atoms with E-state index in [1.54, 1.807) is 13.8 Å². The number of hydrogen-bond donors (Lipinski definition) is 2. The molecule has 2 N–H and O–H groups in total. The van der Waals surface area contributed by atoms with Crippen molar-refractivity contribution in [2.24, 2.45) is 0 Å². The molecule has 0 unspecified atom stereocenters. The van der Waals surface area contributed by atoms with E-state index in [4.69, 9.17) is 5.11 Å². The van der Waals surface area contributed by atoms with Crippen LogP contribution in [0.4, 0.5) is 0 Å². The zero-order valence-corrected chi connectivity index (χ0v) is 10.9. The summed E-state index contributed by atoms with van der Waals surface area (Å²) in [6, 6.07) is 5.51. The Balaban J connectivity index is 3.08.